The molecule has 0 radical (unpaired) electrons. The summed E-state index contributed by atoms with van der Waals surface area (Å²) in [6.45, 7) is 1.23. The molecule has 2 aliphatic rings. The first-order chi connectivity index (χ1) is 12.2. The van der Waals surface area contributed by atoms with Crippen LogP contribution in [0, 0.1) is 5.92 Å². The lowest BCUT2D eigenvalue weighted by molar-refractivity contribution is -0.128. The molecule has 0 saturated carbocycles. The fourth-order valence-corrected chi connectivity index (χ4v) is 3.97. The van der Waals surface area contributed by atoms with Crippen molar-refractivity contribution >= 4 is 28.6 Å². The maximum Gasteiger partial charge on any atom is 0.227 e. The zero-order valence-electron chi connectivity index (χ0n) is 13.6. The molecule has 2 aliphatic heterocycles. The predicted octanol–water partition coefficient (Wildman–Crippen LogP) is 1.73. The Kier molecular flexibility index (Phi) is 4.40. The molecule has 0 spiro atoms. The Morgan fingerprint density at radius 3 is 2.72 bits per heavy atom. The van der Waals surface area contributed by atoms with Crippen molar-refractivity contribution in [3.05, 3.63) is 42.7 Å². The minimum Gasteiger partial charge on any atom is -0.355 e. The first kappa shape index (κ1) is 16.1. The highest BCUT2D eigenvalue weighted by Gasteiger charge is 2.36. The predicted molar refractivity (Wildman–Crippen MR) is 97.2 cm³/mol. The summed E-state index contributed by atoms with van der Waals surface area (Å²) in [4.78, 5) is 34.6. The highest BCUT2D eigenvalue weighted by Crippen LogP contribution is 2.27. The first-order valence-electron chi connectivity index (χ1n) is 8.30. The molecule has 2 fully saturated rings. The van der Waals surface area contributed by atoms with Crippen LogP contribution in [-0.4, -0.2) is 45.9 Å². The molecule has 25 heavy (non-hydrogen) atoms. The van der Waals surface area contributed by atoms with Crippen LogP contribution in [0.5, 0.6) is 0 Å². The molecule has 2 saturated heterocycles. The first-order valence-corrected chi connectivity index (χ1v) is 9.29. The van der Waals surface area contributed by atoms with Crippen LogP contribution in [0.2, 0.25) is 0 Å². The third kappa shape index (κ3) is 3.37. The van der Waals surface area contributed by atoms with Gasteiger partial charge in [-0.2, -0.15) is 0 Å². The van der Waals surface area contributed by atoms with E-state index < -0.39 is 0 Å². The molecule has 3 heterocycles. The Bertz CT molecular complexity index is 793. The third-order valence-electron chi connectivity index (χ3n) is 4.55. The van der Waals surface area contributed by atoms with E-state index in [4.69, 9.17) is 0 Å². The standard InChI is InChI=1S/C18H18N4O2S/c23-17(21-14-6-7-25-18(14)24)13-9-22(10-13)16-8-15(19-11-20-16)12-4-2-1-3-5-12/h1-5,8,11,13-14H,6-7,9-10H2,(H,21,23)/t14-/m1/s1. The monoisotopic (exact) mass is 354 g/mol. The van der Waals surface area contributed by atoms with Gasteiger partial charge in [0.15, 0.2) is 0 Å². The minimum absolute atomic E-state index is 0.0329. The Labute approximate surface area is 150 Å². The van der Waals surface area contributed by atoms with Crippen LogP contribution in [0.15, 0.2) is 42.7 Å². The molecule has 0 aliphatic carbocycles. The minimum atomic E-state index is -0.310. The maximum absolute atomic E-state index is 12.3. The summed E-state index contributed by atoms with van der Waals surface area (Å²) in [5.41, 5.74) is 1.91. The van der Waals surface area contributed by atoms with E-state index in [-0.39, 0.29) is 23.0 Å². The Hall–Kier alpha value is -2.41. The van der Waals surface area contributed by atoms with E-state index >= 15 is 0 Å². The van der Waals surface area contributed by atoms with Gasteiger partial charge in [0.1, 0.15) is 12.1 Å². The molecule has 1 aromatic carbocycles. The number of hydrogen-bond donors (Lipinski definition) is 1. The van der Waals surface area contributed by atoms with Gasteiger partial charge in [-0.1, -0.05) is 42.1 Å². The molecule has 1 amide bonds. The van der Waals surface area contributed by atoms with Crippen LogP contribution in [0.25, 0.3) is 11.3 Å². The third-order valence-corrected chi connectivity index (χ3v) is 5.56. The summed E-state index contributed by atoms with van der Waals surface area (Å²) >= 11 is 1.30. The summed E-state index contributed by atoms with van der Waals surface area (Å²) in [6, 6.07) is 11.6. The molecule has 2 aromatic rings. The highest BCUT2D eigenvalue weighted by molar-refractivity contribution is 8.14. The Morgan fingerprint density at radius 2 is 2.00 bits per heavy atom. The van der Waals surface area contributed by atoms with E-state index in [1.54, 1.807) is 6.33 Å². The van der Waals surface area contributed by atoms with Crippen molar-refractivity contribution in [2.45, 2.75) is 12.5 Å². The molecule has 1 aromatic heterocycles. The number of carbonyl (C=O) groups excluding carboxylic acids is 2. The largest absolute Gasteiger partial charge is 0.355 e. The van der Waals surface area contributed by atoms with Crippen LogP contribution >= 0.6 is 11.8 Å². The van der Waals surface area contributed by atoms with Crippen LogP contribution < -0.4 is 10.2 Å². The van der Waals surface area contributed by atoms with Crippen molar-refractivity contribution in [3.63, 3.8) is 0 Å². The number of thioether (sulfide) groups is 1. The van der Waals surface area contributed by atoms with Crippen molar-refractivity contribution in [2.24, 2.45) is 5.92 Å². The van der Waals surface area contributed by atoms with Gasteiger partial charge in [-0.05, 0) is 6.42 Å². The SMILES string of the molecule is O=C(N[C@@H]1CCSC1=O)C1CN(c2cc(-c3ccccc3)ncn2)C1. The van der Waals surface area contributed by atoms with Gasteiger partial charge in [-0.3, -0.25) is 9.59 Å². The second-order valence-electron chi connectivity index (χ2n) is 6.25. The van der Waals surface area contributed by atoms with Crippen LogP contribution in [0.1, 0.15) is 6.42 Å². The van der Waals surface area contributed by atoms with Crippen LogP contribution in [0.4, 0.5) is 5.82 Å². The van der Waals surface area contributed by atoms with E-state index in [0.717, 1.165) is 29.2 Å². The van der Waals surface area contributed by atoms with Crippen molar-refractivity contribution in [1.29, 1.82) is 0 Å². The zero-order chi connectivity index (χ0) is 17.2. The van der Waals surface area contributed by atoms with Gasteiger partial charge in [0.05, 0.1) is 17.7 Å². The number of benzene rings is 1. The Morgan fingerprint density at radius 1 is 1.20 bits per heavy atom. The van der Waals surface area contributed by atoms with E-state index in [0.29, 0.717) is 13.1 Å². The second-order valence-corrected chi connectivity index (χ2v) is 7.35. The van der Waals surface area contributed by atoms with Crippen molar-refractivity contribution in [1.82, 2.24) is 15.3 Å². The molecule has 128 valence electrons. The van der Waals surface area contributed by atoms with E-state index in [1.807, 2.05) is 36.4 Å². The average molecular weight is 354 g/mol. The van der Waals surface area contributed by atoms with Gasteiger partial charge in [0.25, 0.3) is 0 Å². The van der Waals surface area contributed by atoms with Crippen molar-refractivity contribution < 1.29 is 9.59 Å². The summed E-state index contributed by atoms with van der Waals surface area (Å²) in [5.74, 6) is 1.50. The summed E-state index contributed by atoms with van der Waals surface area (Å²) < 4.78 is 0. The molecule has 4 rings (SSSR count). The normalized spacial score (nSPS) is 20.4. The topological polar surface area (TPSA) is 75.2 Å². The van der Waals surface area contributed by atoms with Crippen LogP contribution in [-0.2, 0) is 9.59 Å². The molecule has 0 bridgehead atoms. The van der Waals surface area contributed by atoms with Gasteiger partial charge in [0.2, 0.25) is 11.0 Å². The molecular formula is C18H18N4O2S. The lowest BCUT2D eigenvalue weighted by Gasteiger charge is -2.39. The van der Waals surface area contributed by atoms with Gasteiger partial charge in [-0.15, -0.1) is 0 Å². The number of nitrogens with one attached hydrogen (secondary N) is 1. The molecule has 1 atom stereocenters. The van der Waals surface area contributed by atoms with Gasteiger partial charge >= 0.3 is 0 Å². The Balaban J connectivity index is 1.37. The summed E-state index contributed by atoms with van der Waals surface area (Å²) in [7, 11) is 0. The second kappa shape index (κ2) is 6.84. The molecule has 1 N–H and O–H groups in total. The van der Waals surface area contributed by atoms with Crippen LogP contribution in [0.3, 0.4) is 0 Å². The molecular weight excluding hydrogens is 336 g/mol. The van der Waals surface area contributed by atoms with Crippen molar-refractivity contribution in [3.8, 4) is 11.3 Å². The number of hydrogen-bond acceptors (Lipinski definition) is 6. The lowest BCUT2D eigenvalue weighted by Crippen LogP contribution is -2.55. The smallest absolute Gasteiger partial charge is 0.227 e. The molecule has 6 nitrogen and oxygen atoms in total. The van der Waals surface area contributed by atoms with Gasteiger partial charge < -0.3 is 10.2 Å². The quantitative estimate of drug-likeness (QED) is 0.901. The van der Waals surface area contributed by atoms with E-state index in [2.05, 4.69) is 20.2 Å². The molecule has 0 unspecified atom stereocenters. The fraction of sp³-hybridized carbons (Fsp3) is 0.333. The number of anilines is 1. The number of amides is 1. The zero-order valence-corrected chi connectivity index (χ0v) is 14.4. The number of rotatable bonds is 4. The number of carbonyl (C=O) groups is 2. The van der Waals surface area contributed by atoms with Crippen molar-refractivity contribution in [2.75, 3.05) is 23.7 Å². The maximum atomic E-state index is 12.3. The van der Waals surface area contributed by atoms with Gasteiger partial charge in [0, 0.05) is 30.5 Å². The lowest BCUT2D eigenvalue weighted by atomic mass is 9.98. The fourth-order valence-electron chi connectivity index (χ4n) is 3.03. The highest BCUT2D eigenvalue weighted by atomic mass is 32.2. The summed E-state index contributed by atoms with van der Waals surface area (Å²) in [6.07, 6.45) is 2.29. The summed E-state index contributed by atoms with van der Waals surface area (Å²) in [5, 5.41) is 2.95. The average Bonchev–Trinajstić information content (AvgIpc) is 2.99. The van der Waals surface area contributed by atoms with Gasteiger partial charge in [-0.25, -0.2) is 9.97 Å². The molecule has 7 heteroatoms. The number of nitrogens with zero attached hydrogens (tertiary/aromatic N) is 3. The number of aromatic nitrogens is 2. The van der Waals surface area contributed by atoms with E-state index in [1.165, 1.54) is 11.8 Å². The van der Waals surface area contributed by atoms with E-state index in [9.17, 15) is 9.59 Å².